The van der Waals surface area contributed by atoms with Crippen LogP contribution in [0.2, 0.25) is 0 Å². The second kappa shape index (κ2) is 4.89. The van der Waals surface area contributed by atoms with Gasteiger partial charge >= 0.3 is 0 Å². The van der Waals surface area contributed by atoms with Gasteiger partial charge in [-0.25, -0.2) is 4.68 Å². The predicted molar refractivity (Wildman–Crippen MR) is 74.8 cm³/mol. The standard InChI is InChI=1S/C13H9BrN4O/c14-9-5-6-10(15-7-9)8-18-13(19)11-3-1-2-4-12(11)16-17-18/h1-7H,8H2. The first-order valence-electron chi connectivity index (χ1n) is 5.67. The van der Waals surface area contributed by atoms with Gasteiger partial charge in [0.1, 0.15) is 5.52 Å². The zero-order valence-electron chi connectivity index (χ0n) is 9.82. The van der Waals surface area contributed by atoms with E-state index < -0.39 is 0 Å². The number of rotatable bonds is 2. The van der Waals surface area contributed by atoms with E-state index >= 15 is 0 Å². The van der Waals surface area contributed by atoms with Crippen LogP contribution in [-0.2, 0) is 6.54 Å². The highest BCUT2D eigenvalue weighted by atomic mass is 79.9. The van der Waals surface area contributed by atoms with Gasteiger partial charge in [0.15, 0.2) is 0 Å². The monoisotopic (exact) mass is 316 g/mol. The van der Waals surface area contributed by atoms with Crippen molar-refractivity contribution in [2.24, 2.45) is 0 Å². The van der Waals surface area contributed by atoms with Gasteiger partial charge in [-0.15, -0.1) is 5.10 Å². The Bertz CT molecular complexity index is 783. The van der Waals surface area contributed by atoms with Crippen LogP contribution in [0.5, 0.6) is 0 Å². The third-order valence-corrected chi connectivity index (χ3v) is 3.20. The number of nitrogens with zero attached hydrogens (tertiary/aromatic N) is 4. The number of halogens is 1. The maximum absolute atomic E-state index is 12.2. The molecule has 2 aromatic heterocycles. The molecule has 0 atom stereocenters. The largest absolute Gasteiger partial charge is 0.277 e. The second-order valence-electron chi connectivity index (χ2n) is 4.04. The molecular formula is C13H9BrN4O. The Morgan fingerprint density at radius 2 is 2.00 bits per heavy atom. The maximum atomic E-state index is 12.2. The third-order valence-electron chi connectivity index (χ3n) is 2.73. The van der Waals surface area contributed by atoms with E-state index in [2.05, 4.69) is 31.2 Å². The van der Waals surface area contributed by atoms with Crippen LogP contribution >= 0.6 is 15.9 Å². The van der Waals surface area contributed by atoms with E-state index in [1.54, 1.807) is 18.3 Å². The van der Waals surface area contributed by atoms with Crippen molar-refractivity contribution in [3.63, 3.8) is 0 Å². The molecule has 1 aromatic carbocycles. The van der Waals surface area contributed by atoms with Crippen LogP contribution in [0.15, 0.2) is 51.9 Å². The summed E-state index contributed by atoms with van der Waals surface area (Å²) < 4.78 is 2.21. The van der Waals surface area contributed by atoms with E-state index in [1.807, 2.05) is 24.3 Å². The summed E-state index contributed by atoms with van der Waals surface area (Å²) in [7, 11) is 0. The number of hydrogen-bond acceptors (Lipinski definition) is 4. The molecular weight excluding hydrogens is 308 g/mol. The fraction of sp³-hybridized carbons (Fsp3) is 0.0769. The average Bonchev–Trinajstić information content (AvgIpc) is 2.45. The van der Waals surface area contributed by atoms with Crippen molar-refractivity contribution < 1.29 is 0 Å². The molecule has 3 rings (SSSR count). The van der Waals surface area contributed by atoms with Crippen molar-refractivity contribution in [3.8, 4) is 0 Å². The van der Waals surface area contributed by atoms with E-state index in [4.69, 9.17) is 0 Å². The lowest BCUT2D eigenvalue weighted by atomic mass is 10.2. The number of pyridine rings is 1. The minimum Gasteiger partial charge on any atom is -0.267 e. The maximum Gasteiger partial charge on any atom is 0.277 e. The van der Waals surface area contributed by atoms with E-state index in [0.29, 0.717) is 17.4 Å². The lowest BCUT2D eigenvalue weighted by molar-refractivity contribution is 0.592. The topological polar surface area (TPSA) is 60.7 Å². The van der Waals surface area contributed by atoms with Crippen molar-refractivity contribution in [1.82, 2.24) is 20.0 Å². The molecule has 0 amide bonds. The highest BCUT2D eigenvalue weighted by molar-refractivity contribution is 9.10. The van der Waals surface area contributed by atoms with Crippen molar-refractivity contribution in [2.75, 3.05) is 0 Å². The first kappa shape index (κ1) is 12.0. The van der Waals surface area contributed by atoms with Gasteiger partial charge in [0.25, 0.3) is 5.56 Å². The van der Waals surface area contributed by atoms with Crippen molar-refractivity contribution in [2.45, 2.75) is 6.54 Å². The lowest BCUT2D eigenvalue weighted by Gasteiger charge is -2.04. The quantitative estimate of drug-likeness (QED) is 0.725. The summed E-state index contributed by atoms with van der Waals surface area (Å²) in [4.78, 5) is 16.4. The van der Waals surface area contributed by atoms with Crippen LogP contribution in [0.4, 0.5) is 0 Å². The predicted octanol–water partition coefficient (Wildman–Crippen LogP) is 2.00. The Balaban J connectivity index is 2.04. The van der Waals surface area contributed by atoms with E-state index in [-0.39, 0.29) is 5.56 Å². The molecule has 0 unspecified atom stereocenters. The van der Waals surface area contributed by atoms with Gasteiger partial charge in [0.2, 0.25) is 0 Å². The number of hydrogen-bond donors (Lipinski definition) is 0. The molecule has 6 heteroatoms. The minimum absolute atomic E-state index is 0.157. The van der Waals surface area contributed by atoms with Crippen molar-refractivity contribution in [1.29, 1.82) is 0 Å². The number of fused-ring (bicyclic) bond motifs is 1. The molecule has 0 radical (unpaired) electrons. The molecule has 0 saturated heterocycles. The summed E-state index contributed by atoms with van der Waals surface area (Å²) >= 11 is 3.32. The average molecular weight is 317 g/mol. The molecule has 0 aliphatic rings. The summed E-state index contributed by atoms with van der Waals surface area (Å²) in [5.74, 6) is 0. The third kappa shape index (κ3) is 2.39. The van der Waals surface area contributed by atoms with Gasteiger partial charge in [0.05, 0.1) is 17.6 Å². The lowest BCUT2D eigenvalue weighted by Crippen LogP contribution is -2.25. The zero-order valence-corrected chi connectivity index (χ0v) is 11.4. The fourth-order valence-electron chi connectivity index (χ4n) is 1.78. The summed E-state index contributed by atoms with van der Waals surface area (Å²) in [6, 6.07) is 10.9. The second-order valence-corrected chi connectivity index (χ2v) is 4.95. The van der Waals surface area contributed by atoms with Crippen LogP contribution < -0.4 is 5.56 Å². The normalized spacial score (nSPS) is 10.8. The van der Waals surface area contributed by atoms with Crippen LogP contribution in [-0.4, -0.2) is 20.0 Å². The van der Waals surface area contributed by atoms with Crippen LogP contribution in [0, 0.1) is 0 Å². The van der Waals surface area contributed by atoms with Gasteiger partial charge in [-0.1, -0.05) is 17.3 Å². The summed E-state index contributed by atoms with van der Waals surface area (Å²) in [6.07, 6.45) is 1.69. The first-order valence-corrected chi connectivity index (χ1v) is 6.46. The summed E-state index contributed by atoms with van der Waals surface area (Å²) in [6.45, 7) is 0.309. The van der Waals surface area contributed by atoms with Gasteiger partial charge < -0.3 is 0 Å². The van der Waals surface area contributed by atoms with Crippen LogP contribution in [0.3, 0.4) is 0 Å². The molecule has 94 valence electrons. The van der Waals surface area contributed by atoms with Crippen molar-refractivity contribution in [3.05, 3.63) is 63.1 Å². The summed E-state index contributed by atoms with van der Waals surface area (Å²) in [5.41, 5.74) is 1.21. The smallest absolute Gasteiger partial charge is 0.267 e. The summed E-state index contributed by atoms with van der Waals surface area (Å²) in [5, 5.41) is 8.52. The highest BCUT2D eigenvalue weighted by Crippen LogP contribution is 2.08. The molecule has 19 heavy (non-hydrogen) atoms. The minimum atomic E-state index is -0.157. The molecule has 0 spiro atoms. The number of benzene rings is 1. The highest BCUT2D eigenvalue weighted by Gasteiger charge is 2.05. The van der Waals surface area contributed by atoms with Gasteiger partial charge in [0, 0.05) is 10.7 Å². The van der Waals surface area contributed by atoms with Gasteiger partial charge in [-0.2, -0.15) is 0 Å². The van der Waals surface area contributed by atoms with E-state index in [0.717, 1.165) is 10.2 Å². The molecule has 2 heterocycles. The zero-order chi connectivity index (χ0) is 13.2. The molecule has 3 aromatic rings. The van der Waals surface area contributed by atoms with Gasteiger partial charge in [-0.05, 0) is 40.2 Å². The molecule has 0 bridgehead atoms. The fourth-order valence-corrected chi connectivity index (χ4v) is 2.01. The Morgan fingerprint density at radius 3 is 2.79 bits per heavy atom. The van der Waals surface area contributed by atoms with E-state index in [9.17, 15) is 4.79 Å². The van der Waals surface area contributed by atoms with Crippen LogP contribution in [0.25, 0.3) is 10.9 Å². The SMILES string of the molecule is O=c1c2ccccc2nnn1Cc1ccc(Br)cn1. The van der Waals surface area contributed by atoms with Crippen molar-refractivity contribution >= 4 is 26.8 Å². The Hall–Kier alpha value is -2.08. The Kier molecular flexibility index (Phi) is 3.08. The van der Waals surface area contributed by atoms with Crippen LogP contribution in [0.1, 0.15) is 5.69 Å². The molecule has 0 aliphatic carbocycles. The Morgan fingerprint density at radius 1 is 1.16 bits per heavy atom. The van der Waals surface area contributed by atoms with E-state index in [1.165, 1.54) is 4.68 Å². The molecule has 0 fully saturated rings. The molecule has 0 aliphatic heterocycles. The molecule has 0 saturated carbocycles. The van der Waals surface area contributed by atoms with Gasteiger partial charge in [-0.3, -0.25) is 9.78 Å². The number of aromatic nitrogens is 4. The Labute approximate surface area is 117 Å². The molecule has 5 nitrogen and oxygen atoms in total. The molecule has 0 N–H and O–H groups in total. The first-order chi connectivity index (χ1) is 9.24.